The van der Waals surface area contributed by atoms with Crippen LogP contribution < -0.4 is 0 Å². The van der Waals surface area contributed by atoms with Gasteiger partial charge in [-0.1, -0.05) is 84.9 Å². The minimum absolute atomic E-state index is 0.0701. The molecule has 0 spiro atoms. The third-order valence-electron chi connectivity index (χ3n) is 5.24. The quantitative estimate of drug-likeness (QED) is 0.352. The lowest BCUT2D eigenvalue weighted by atomic mass is 9.93. The van der Waals surface area contributed by atoms with Gasteiger partial charge in [0, 0.05) is 11.1 Å². The molecule has 0 aromatic heterocycles. The summed E-state index contributed by atoms with van der Waals surface area (Å²) in [5.74, 6) is -0.280. The number of halogens is 1. The van der Waals surface area contributed by atoms with E-state index in [9.17, 15) is 5.11 Å². The average Bonchev–Trinajstić information content (AvgIpc) is 2.74. The highest BCUT2D eigenvalue weighted by Gasteiger charge is 2.15. The van der Waals surface area contributed by atoms with Crippen LogP contribution >= 0.6 is 0 Å². The van der Waals surface area contributed by atoms with Crippen LogP contribution in [0.3, 0.4) is 0 Å². The van der Waals surface area contributed by atoms with Gasteiger partial charge in [0.05, 0.1) is 0 Å². The molecule has 0 aliphatic carbocycles. The van der Waals surface area contributed by atoms with E-state index < -0.39 is 0 Å². The summed E-state index contributed by atoms with van der Waals surface area (Å²) in [6.45, 7) is 0. The molecule has 28 heavy (non-hydrogen) atoms. The normalized spacial score (nSPS) is 11.2. The zero-order valence-electron chi connectivity index (χ0n) is 15.1. The molecule has 0 radical (unpaired) electrons. The highest BCUT2D eigenvalue weighted by molar-refractivity contribution is 6.00. The third-order valence-corrected chi connectivity index (χ3v) is 5.24. The van der Waals surface area contributed by atoms with Crippen LogP contribution in [-0.4, -0.2) is 5.11 Å². The van der Waals surface area contributed by atoms with Gasteiger partial charge in [-0.25, -0.2) is 4.39 Å². The fourth-order valence-electron chi connectivity index (χ4n) is 3.90. The fraction of sp³-hybridized carbons (Fsp3) is 0. The van der Waals surface area contributed by atoms with Crippen LogP contribution in [0, 0.1) is 5.82 Å². The lowest BCUT2D eigenvalue weighted by Gasteiger charge is -2.13. The Balaban J connectivity index is 1.73. The summed E-state index contributed by atoms with van der Waals surface area (Å²) < 4.78 is 15.2. The zero-order chi connectivity index (χ0) is 19.1. The van der Waals surface area contributed by atoms with Gasteiger partial charge < -0.3 is 5.11 Å². The fourth-order valence-corrected chi connectivity index (χ4v) is 3.90. The molecule has 5 aromatic carbocycles. The number of rotatable bonds is 2. The molecular weight excluding hydrogens is 347 g/mol. The van der Waals surface area contributed by atoms with E-state index in [-0.39, 0.29) is 11.6 Å². The Kier molecular flexibility index (Phi) is 3.84. The molecule has 0 amide bonds. The van der Waals surface area contributed by atoms with E-state index in [4.69, 9.17) is 0 Å². The first-order valence-corrected chi connectivity index (χ1v) is 9.21. The Morgan fingerprint density at radius 3 is 1.61 bits per heavy atom. The van der Waals surface area contributed by atoms with Crippen molar-refractivity contribution >= 4 is 21.5 Å². The SMILES string of the molecule is Oc1cc(-c2cccc3ccccc23)c(F)cc1-c1cccc2ccccc12. The minimum Gasteiger partial charge on any atom is -0.507 e. The molecule has 1 N–H and O–H groups in total. The first-order valence-electron chi connectivity index (χ1n) is 9.21. The van der Waals surface area contributed by atoms with Gasteiger partial charge in [0.2, 0.25) is 0 Å². The van der Waals surface area contributed by atoms with Crippen molar-refractivity contribution in [3.8, 4) is 28.0 Å². The van der Waals surface area contributed by atoms with Crippen LogP contribution in [0.5, 0.6) is 5.75 Å². The highest BCUT2D eigenvalue weighted by atomic mass is 19.1. The maximum atomic E-state index is 15.2. The molecule has 134 valence electrons. The molecule has 0 saturated heterocycles. The van der Waals surface area contributed by atoms with Gasteiger partial charge in [0.15, 0.2) is 0 Å². The van der Waals surface area contributed by atoms with Crippen molar-refractivity contribution in [1.82, 2.24) is 0 Å². The first kappa shape index (κ1) is 16.5. The topological polar surface area (TPSA) is 20.2 Å². The molecule has 1 nitrogen and oxygen atoms in total. The average molecular weight is 364 g/mol. The standard InChI is InChI=1S/C26H17FO/c27-25-15-24(22-14-6-10-18-8-2-4-12-20(18)22)26(28)16-23(25)21-13-5-9-17-7-1-3-11-19(17)21/h1-16,28H. The van der Waals surface area contributed by atoms with Crippen LogP contribution in [0.2, 0.25) is 0 Å². The van der Waals surface area contributed by atoms with E-state index >= 15 is 4.39 Å². The van der Waals surface area contributed by atoms with Crippen LogP contribution in [-0.2, 0) is 0 Å². The molecule has 0 unspecified atom stereocenters. The summed E-state index contributed by atoms with van der Waals surface area (Å²) in [6.07, 6.45) is 0. The number of hydrogen-bond acceptors (Lipinski definition) is 1. The van der Waals surface area contributed by atoms with Crippen LogP contribution in [0.1, 0.15) is 0 Å². The van der Waals surface area contributed by atoms with Crippen molar-refractivity contribution in [2.45, 2.75) is 0 Å². The van der Waals surface area contributed by atoms with E-state index in [1.165, 1.54) is 12.1 Å². The Hall–Kier alpha value is -3.65. The van der Waals surface area contributed by atoms with E-state index in [1.54, 1.807) is 0 Å². The summed E-state index contributed by atoms with van der Waals surface area (Å²) in [5, 5.41) is 14.8. The number of aromatic hydroxyl groups is 1. The summed E-state index contributed by atoms with van der Waals surface area (Å²) in [4.78, 5) is 0. The number of phenols is 1. The Morgan fingerprint density at radius 2 is 1.00 bits per heavy atom. The molecule has 5 aromatic rings. The van der Waals surface area contributed by atoms with Crippen LogP contribution in [0.25, 0.3) is 43.8 Å². The molecule has 0 aliphatic rings. The second kappa shape index (κ2) is 6.50. The van der Waals surface area contributed by atoms with Gasteiger partial charge in [-0.3, -0.25) is 0 Å². The molecule has 2 heteroatoms. The van der Waals surface area contributed by atoms with Crippen molar-refractivity contribution in [2.75, 3.05) is 0 Å². The number of fused-ring (bicyclic) bond motifs is 2. The summed E-state index contributed by atoms with van der Waals surface area (Å²) in [7, 11) is 0. The molecule has 0 aliphatic heterocycles. The van der Waals surface area contributed by atoms with Gasteiger partial charge in [-0.2, -0.15) is 0 Å². The summed E-state index contributed by atoms with van der Waals surface area (Å²) in [6, 6.07) is 30.4. The number of phenolic OH excluding ortho intramolecular Hbond substituents is 1. The zero-order valence-corrected chi connectivity index (χ0v) is 15.1. The summed E-state index contributed by atoms with van der Waals surface area (Å²) in [5.41, 5.74) is 2.49. The van der Waals surface area contributed by atoms with E-state index in [0.29, 0.717) is 11.1 Å². The summed E-state index contributed by atoms with van der Waals surface area (Å²) >= 11 is 0. The van der Waals surface area contributed by atoms with E-state index in [1.807, 2.05) is 84.9 Å². The monoisotopic (exact) mass is 364 g/mol. The number of hydrogen-bond donors (Lipinski definition) is 1. The van der Waals surface area contributed by atoms with Gasteiger partial charge in [0.25, 0.3) is 0 Å². The molecule has 0 fully saturated rings. The second-order valence-corrected chi connectivity index (χ2v) is 6.90. The second-order valence-electron chi connectivity index (χ2n) is 6.90. The molecule has 5 rings (SSSR count). The Bertz CT molecular complexity index is 1220. The van der Waals surface area contributed by atoms with Crippen LogP contribution in [0.15, 0.2) is 97.1 Å². The van der Waals surface area contributed by atoms with Gasteiger partial charge in [0.1, 0.15) is 11.6 Å². The van der Waals surface area contributed by atoms with E-state index in [2.05, 4.69) is 0 Å². The van der Waals surface area contributed by atoms with Gasteiger partial charge in [-0.15, -0.1) is 0 Å². The van der Waals surface area contributed by atoms with Gasteiger partial charge in [-0.05, 0) is 44.8 Å². The molecule has 0 heterocycles. The largest absolute Gasteiger partial charge is 0.507 e. The molecule has 0 bridgehead atoms. The maximum Gasteiger partial charge on any atom is 0.131 e. The van der Waals surface area contributed by atoms with Crippen molar-refractivity contribution < 1.29 is 9.50 Å². The Morgan fingerprint density at radius 1 is 0.500 bits per heavy atom. The van der Waals surface area contributed by atoms with Crippen molar-refractivity contribution in [1.29, 1.82) is 0 Å². The first-order chi connectivity index (χ1) is 13.7. The van der Waals surface area contributed by atoms with Crippen LogP contribution in [0.4, 0.5) is 4.39 Å². The molecule has 0 saturated carbocycles. The van der Waals surface area contributed by atoms with Crippen molar-refractivity contribution in [3.63, 3.8) is 0 Å². The third kappa shape index (κ3) is 2.62. The predicted molar refractivity (Wildman–Crippen MR) is 114 cm³/mol. The lowest BCUT2D eigenvalue weighted by molar-refractivity contribution is 0.476. The predicted octanol–water partition coefficient (Wildman–Crippen LogP) is 7.17. The highest BCUT2D eigenvalue weighted by Crippen LogP contribution is 2.40. The van der Waals surface area contributed by atoms with Gasteiger partial charge >= 0.3 is 0 Å². The maximum absolute atomic E-state index is 15.2. The van der Waals surface area contributed by atoms with Crippen molar-refractivity contribution in [3.05, 3.63) is 103 Å². The molecular formula is C26H17FO. The lowest BCUT2D eigenvalue weighted by Crippen LogP contribution is -1.90. The smallest absolute Gasteiger partial charge is 0.131 e. The molecule has 0 atom stereocenters. The number of benzene rings is 5. The van der Waals surface area contributed by atoms with E-state index in [0.717, 1.165) is 32.7 Å². The minimum atomic E-state index is -0.350. The Labute approximate surface area is 162 Å². The van der Waals surface area contributed by atoms with Crippen molar-refractivity contribution in [2.24, 2.45) is 0 Å².